The molecule has 0 N–H and O–H groups in total. The number of carbonyl (C=O) groups is 1. The van der Waals surface area contributed by atoms with Crippen molar-refractivity contribution in [1.29, 1.82) is 0 Å². The van der Waals surface area contributed by atoms with Crippen LogP contribution in [0.3, 0.4) is 0 Å². The highest BCUT2D eigenvalue weighted by Gasteiger charge is 2.27. The lowest BCUT2D eigenvalue weighted by molar-refractivity contribution is -0.385. The van der Waals surface area contributed by atoms with Gasteiger partial charge in [0.2, 0.25) is 5.90 Å². The van der Waals surface area contributed by atoms with Crippen molar-refractivity contribution in [3.63, 3.8) is 0 Å². The largest absolute Gasteiger partial charge is 0.487 e. The minimum absolute atomic E-state index is 0.0535. The lowest BCUT2D eigenvalue weighted by Gasteiger charge is -2.09. The predicted octanol–water partition coefficient (Wildman–Crippen LogP) is 5.02. The minimum Gasteiger partial charge on any atom is -0.487 e. The van der Waals surface area contributed by atoms with Crippen LogP contribution in [-0.2, 0) is 9.53 Å². The highest BCUT2D eigenvalue weighted by Crippen LogP contribution is 2.31. The van der Waals surface area contributed by atoms with E-state index in [4.69, 9.17) is 9.47 Å². The van der Waals surface area contributed by atoms with Gasteiger partial charge in [-0.15, -0.1) is 0 Å². The fourth-order valence-corrected chi connectivity index (χ4v) is 4.81. The molecule has 2 aromatic rings. The number of hydrogen-bond donors (Lipinski definition) is 0. The zero-order valence-corrected chi connectivity index (χ0v) is 19.5. The number of aliphatic imine (C=N–C) groups is 1. The Balaban J connectivity index is 1.97. The third-order valence-electron chi connectivity index (χ3n) is 4.02. The van der Waals surface area contributed by atoms with Crippen LogP contribution in [-0.4, -0.2) is 23.4 Å². The van der Waals surface area contributed by atoms with E-state index in [1.165, 1.54) is 12.1 Å². The van der Waals surface area contributed by atoms with Gasteiger partial charge in [-0.25, -0.2) is 9.79 Å². The number of carbonyl (C=O) groups excluding carboxylic acids is 1. The van der Waals surface area contributed by atoms with E-state index in [0.717, 1.165) is 18.5 Å². The highest BCUT2D eigenvalue weighted by molar-refractivity contribution is 14.1. The predicted molar refractivity (Wildman–Crippen MR) is 126 cm³/mol. The van der Waals surface area contributed by atoms with Crippen molar-refractivity contribution in [2.24, 2.45) is 4.99 Å². The molecule has 0 bridgehead atoms. The smallest absolute Gasteiger partial charge is 0.363 e. The maximum absolute atomic E-state index is 12.3. The number of rotatable bonds is 6. The van der Waals surface area contributed by atoms with Crippen LogP contribution >= 0.6 is 45.2 Å². The molecule has 0 fully saturated rings. The Morgan fingerprint density at radius 3 is 2.62 bits per heavy atom. The van der Waals surface area contributed by atoms with Crippen LogP contribution in [0.4, 0.5) is 5.69 Å². The quantitative estimate of drug-likeness (QED) is 0.114. The molecule has 1 aliphatic heterocycles. The molecular formula is C20H14I2N2O5. The van der Waals surface area contributed by atoms with Crippen molar-refractivity contribution >= 4 is 68.8 Å². The van der Waals surface area contributed by atoms with Gasteiger partial charge < -0.3 is 9.47 Å². The minimum atomic E-state index is -0.608. The molecule has 3 rings (SSSR count). The van der Waals surface area contributed by atoms with Gasteiger partial charge >= 0.3 is 5.97 Å². The van der Waals surface area contributed by atoms with Crippen LogP contribution in [0.15, 0.2) is 53.7 Å². The molecular weight excluding hydrogens is 602 g/mol. The molecule has 0 aromatic heterocycles. The van der Waals surface area contributed by atoms with E-state index >= 15 is 0 Å². The number of benzene rings is 2. The third kappa shape index (κ3) is 4.66. The molecule has 0 spiro atoms. The fourth-order valence-electron chi connectivity index (χ4n) is 2.68. The van der Waals surface area contributed by atoms with Crippen molar-refractivity contribution in [3.8, 4) is 5.75 Å². The summed E-state index contributed by atoms with van der Waals surface area (Å²) in [6.45, 7) is 5.63. The van der Waals surface area contributed by atoms with E-state index in [0.29, 0.717) is 17.7 Å². The van der Waals surface area contributed by atoms with E-state index in [1.54, 1.807) is 25.1 Å². The molecule has 0 unspecified atom stereocenters. The number of nitro benzene ring substituents is 1. The average molecular weight is 616 g/mol. The van der Waals surface area contributed by atoms with Gasteiger partial charge in [-0.3, -0.25) is 10.1 Å². The fraction of sp³-hybridized carbons (Fsp3) is 0.100. The Morgan fingerprint density at radius 1 is 1.31 bits per heavy atom. The molecule has 0 radical (unpaired) electrons. The number of cyclic esters (lactones) is 1. The Morgan fingerprint density at radius 2 is 2.00 bits per heavy atom. The van der Waals surface area contributed by atoms with Crippen LogP contribution in [0.1, 0.15) is 16.7 Å². The second-order valence-electron chi connectivity index (χ2n) is 5.96. The van der Waals surface area contributed by atoms with Gasteiger partial charge in [0.1, 0.15) is 12.4 Å². The molecule has 2 aromatic carbocycles. The molecule has 0 saturated carbocycles. The summed E-state index contributed by atoms with van der Waals surface area (Å²) >= 11 is 4.32. The number of halogens is 2. The normalized spacial score (nSPS) is 14.5. The van der Waals surface area contributed by atoms with Crippen molar-refractivity contribution in [1.82, 2.24) is 0 Å². The van der Waals surface area contributed by atoms with E-state index in [2.05, 4.69) is 56.8 Å². The topological polar surface area (TPSA) is 91.0 Å². The lowest BCUT2D eigenvalue weighted by atomic mass is 10.1. The van der Waals surface area contributed by atoms with Crippen molar-refractivity contribution < 1.29 is 19.2 Å². The highest BCUT2D eigenvalue weighted by atomic mass is 127. The van der Waals surface area contributed by atoms with Crippen molar-refractivity contribution in [2.75, 3.05) is 6.61 Å². The Bertz CT molecular complexity index is 1070. The van der Waals surface area contributed by atoms with Gasteiger partial charge in [0.05, 0.1) is 12.1 Å². The Kier molecular flexibility index (Phi) is 6.67. The molecule has 0 atom stereocenters. The standard InChI is InChI=1S/C20H14I2N2O5/c1-3-7-28-18-14(21)8-12(9-15(18)22)10-16-20(25)29-19(23-16)13-5-4-6-17(11(13)2)24(26)27/h3-6,8-10H,1,7H2,2H3/b16-10-. The van der Waals surface area contributed by atoms with Crippen LogP contribution in [0.5, 0.6) is 5.75 Å². The number of esters is 1. The molecule has 0 saturated heterocycles. The summed E-state index contributed by atoms with van der Waals surface area (Å²) in [7, 11) is 0. The van der Waals surface area contributed by atoms with Crippen LogP contribution in [0, 0.1) is 24.2 Å². The van der Waals surface area contributed by atoms with Crippen molar-refractivity contribution in [2.45, 2.75) is 6.92 Å². The van der Waals surface area contributed by atoms with Gasteiger partial charge in [0, 0.05) is 17.2 Å². The summed E-state index contributed by atoms with van der Waals surface area (Å²) in [5.74, 6) is 0.194. The van der Waals surface area contributed by atoms with E-state index in [9.17, 15) is 14.9 Å². The second-order valence-corrected chi connectivity index (χ2v) is 8.28. The van der Waals surface area contributed by atoms with Gasteiger partial charge in [0.15, 0.2) is 5.70 Å². The molecule has 9 heteroatoms. The number of nitro groups is 1. The Labute approximate surface area is 193 Å². The van der Waals surface area contributed by atoms with E-state index in [1.807, 2.05) is 12.1 Å². The zero-order valence-electron chi connectivity index (χ0n) is 15.1. The van der Waals surface area contributed by atoms with Crippen LogP contribution in [0.2, 0.25) is 0 Å². The summed E-state index contributed by atoms with van der Waals surface area (Å²) in [5, 5.41) is 11.1. The summed E-state index contributed by atoms with van der Waals surface area (Å²) < 4.78 is 12.7. The van der Waals surface area contributed by atoms with Gasteiger partial charge in [-0.05, 0) is 81.9 Å². The van der Waals surface area contributed by atoms with E-state index in [-0.39, 0.29) is 17.3 Å². The third-order valence-corrected chi connectivity index (χ3v) is 5.62. The van der Waals surface area contributed by atoms with E-state index < -0.39 is 10.9 Å². The van der Waals surface area contributed by atoms with Gasteiger partial charge in [0.25, 0.3) is 5.69 Å². The maximum Gasteiger partial charge on any atom is 0.363 e. The second kappa shape index (κ2) is 9.03. The summed E-state index contributed by atoms with van der Waals surface area (Å²) in [4.78, 5) is 27.2. The number of hydrogen-bond acceptors (Lipinski definition) is 6. The number of nitrogens with zero attached hydrogens (tertiary/aromatic N) is 2. The SMILES string of the molecule is C=CCOc1c(I)cc(/C=C2\N=C(c3cccc([N+](=O)[O-])c3C)OC2=O)cc1I. The first-order valence-electron chi connectivity index (χ1n) is 8.31. The first kappa shape index (κ1) is 21.4. The Hall–Kier alpha value is -2.28. The monoisotopic (exact) mass is 616 g/mol. The first-order chi connectivity index (χ1) is 13.8. The molecule has 1 aliphatic rings. The molecule has 0 amide bonds. The van der Waals surface area contributed by atoms with Crippen LogP contribution in [0.25, 0.3) is 6.08 Å². The van der Waals surface area contributed by atoms with Crippen molar-refractivity contribution in [3.05, 3.63) is 82.6 Å². The van der Waals surface area contributed by atoms with Crippen LogP contribution < -0.4 is 4.74 Å². The molecule has 1 heterocycles. The summed E-state index contributed by atoms with van der Waals surface area (Å²) in [6.07, 6.45) is 3.28. The molecule has 7 nitrogen and oxygen atoms in total. The van der Waals surface area contributed by atoms with Gasteiger partial charge in [-0.2, -0.15) is 0 Å². The summed E-state index contributed by atoms with van der Waals surface area (Å²) in [6, 6.07) is 8.30. The molecule has 148 valence electrons. The summed E-state index contributed by atoms with van der Waals surface area (Å²) in [5.41, 5.74) is 1.62. The number of ether oxygens (including phenoxy) is 2. The molecule has 0 aliphatic carbocycles. The average Bonchev–Trinajstić information content (AvgIpc) is 3.01. The van der Waals surface area contributed by atoms with Gasteiger partial charge in [-0.1, -0.05) is 18.7 Å². The molecule has 29 heavy (non-hydrogen) atoms. The lowest BCUT2D eigenvalue weighted by Crippen LogP contribution is -2.08. The maximum atomic E-state index is 12.3. The zero-order chi connectivity index (χ0) is 21.1. The first-order valence-corrected chi connectivity index (χ1v) is 10.5.